The summed E-state index contributed by atoms with van der Waals surface area (Å²) in [6.07, 6.45) is 4.87. The largest absolute Gasteiger partial charge is 0.493 e. The molecule has 27 heavy (non-hydrogen) atoms. The summed E-state index contributed by atoms with van der Waals surface area (Å²) >= 11 is 0. The van der Waals surface area contributed by atoms with Gasteiger partial charge in [-0.3, -0.25) is 4.98 Å². The molecule has 0 aliphatic carbocycles. The van der Waals surface area contributed by atoms with Gasteiger partial charge in [0.15, 0.2) is 0 Å². The molecule has 1 heterocycles. The Morgan fingerprint density at radius 2 is 1.74 bits per heavy atom. The molecule has 3 rings (SSSR count). The van der Waals surface area contributed by atoms with E-state index in [9.17, 15) is 8.42 Å². The molecule has 0 spiro atoms. The summed E-state index contributed by atoms with van der Waals surface area (Å²) in [6, 6.07) is 16.2. The van der Waals surface area contributed by atoms with E-state index in [4.69, 9.17) is 4.74 Å². The van der Waals surface area contributed by atoms with E-state index in [0.29, 0.717) is 23.4 Å². The first-order chi connectivity index (χ1) is 13.1. The summed E-state index contributed by atoms with van der Waals surface area (Å²) in [5.41, 5.74) is 0.668. The molecule has 0 atom stereocenters. The van der Waals surface area contributed by atoms with Crippen LogP contribution < -0.4 is 9.46 Å². The number of rotatable bonds is 9. The fourth-order valence-electron chi connectivity index (χ4n) is 2.89. The quantitative estimate of drug-likeness (QED) is 0.559. The standard InChI is InChI=1S/C21H24N2O3S/c1-2-3-8-15-26-20-12-13-21(19-11-5-4-10-18(19)20)27(24,25)23-16-17-9-6-7-14-22-17/h4-7,9-14,23H,2-3,8,15-16H2,1H3. The second-order valence-corrected chi connectivity index (χ2v) is 8.04. The van der Waals surface area contributed by atoms with E-state index in [-0.39, 0.29) is 11.4 Å². The second-order valence-electron chi connectivity index (χ2n) is 6.31. The number of hydrogen-bond acceptors (Lipinski definition) is 4. The van der Waals surface area contributed by atoms with Crippen LogP contribution in [0.25, 0.3) is 10.8 Å². The molecule has 0 aliphatic rings. The summed E-state index contributed by atoms with van der Waals surface area (Å²) in [7, 11) is -3.68. The summed E-state index contributed by atoms with van der Waals surface area (Å²) in [4.78, 5) is 4.40. The van der Waals surface area contributed by atoms with Crippen molar-refractivity contribution in [3.8, 4) is 5.75 Å². The average molecular weight is 385 g/mol. The highest BCUT2D eigenvalue weighted by molar-refractivity contribution is 7.89. The lowest BCUT2D eigenvalue weighted by atomic mass is 10.1. The molecular formula is C21H24N2O3S. The summed E-state index contributed by atoms with van der Waals surface area (Å²) in [6.45, 7) is 2.92. The molecule has 2 aromatic carbocycles. The van der Waals surface area contributed by atoms with Crippen LogP contribution in [0, 0.1) is 0 Å². The Labute approximate surface area is 160 Å². The lowest BCUT2D eigenvalue weighted by molar-refractivity contribution is 0.309. The SMILES string of the molecule is CCCCCOc1ccc(S(=O)(=O)NCc2ccccn2)c2ccccc12. The third-order valence-electron chi connectivity index (χ3n) is 4.31. The lowest BCUT2D eigenvalue weighted by Gasteiger charge is -2.13. The predicted octanol–water partition coefficient (Wildman–Crippen LogP) is 4.28. The van der Waals surface area contributed by atoms with Gasteiger partial charge in [-0.05, 0) is 30.7 Å². The van der Waals surface area contributed by atoms with E-state index in [2.05, 4.69) is 16.6 Å². The maximum absolute atomic E-state index is 12.9. The molecule has 3 aromatic rings. The van der Waals surface area contributed by atoms with Gasteiger partial charge < -0.3 is 4.74 Å². The average Bonchev–Trinajstić information content (AvgIpc) is 2.70. The molecule has 0 saturated carbocycles. The number of nitrogens with zero attached hydrogens (tertiary/aromatic N) is 1. The Balaban J connectivity index is 1.86. The Hall–Kier alpha value is -2.44. The van der Waals surface area contributed by atoms with Crippen LogP contribution in [0.1, 0.15) is 31.9 Å². The maximum atomic E-state index is 12.9. The van der Waals surface area contributed by atoms with Gasteiger partial charge in [0, 0.05) is 17.0 Å². The monoisotopic (exact) mass is 384 g/mol. The smallest absolute Gasteiger partial charge is 0.241 e. The number of unbranched alkanes of at least 4 members (excludes halogenated alkanes) is 2. The van der Waals surface area contributed by atoms with Crippen LogP contribution >= 0.6 is 0 Å². The maximum Gasteiger partial charge on any atom is 0.241 e. The van der Waals surface area contributed by atoms with E-state index in [1.165, 1.54) is 0 Å². The Morgan fingerprint density at radius 3 is 2.48 bits per heavy atom. The zero-order chi connectivity index (χ0) is 19.1. The van der Waals surface area contributed by atoms with Crippen molar-refractivity contribution in [2.45, 2.75) is 37.6 Å². The van der Waals surface area contributed by atoms with Crippen molar-refractivity contribution in [1.82, 2.24) is 9.71 Å². The molecular weight excluding hydrogens is 360 g/mol. The summed E-state index contributed by atoms with van der Waals surface area (Å²) in [5.74, 6) is 0.713. The lowest BCUT2D eigenvalue weighted by Crippen LogP contribution is -2.24. The summed E-state index contributed by atoms with van der Waals surface area (Å²) in [5, 5.41) is 1.45. The van der Waals surface area contributed by atoms with Gasteiger partial charge in [0.05, 0.1) is 23.7 Å². The molecule has 5 nitrogen and oxygen atoms in total. The minimum Gasteiger partial charge on any atom is -0.493 e. The van der Waals surface area contributed by atoms with Gasteiger partial charge in [-0.1, -0.05) is 50.1 Å². The molecule has 0 amide bonds. The third-order valence-corrected chi connectivity index (χ3v) is 5.77. The second kappa shape index (κ2) is 8.97. The molecule has 1 N–H and O–H groups in total. The topological polar surface area (TPSA) is 68.3 Å². The molecule has 0 saturated heterocycles. The third kappa shape index (κ3) is 4.84. The number of sulfonamides is 1. The fourth-order valence-corrected chi connectivity index (χ4v) is 4.10. The molecule has 0 radical (unpaired) electrons. The Morgan fingerprint density at radius 1 is 0.963 bits per heavy atom. The van der Waals surface area contributed by atoms with Crippen LogP contribution in [-0.4, -0.2) is 20.0 Å². The number of fused-ring (bicyclic) bond motifs is 1. The van der Waals surface area contributed by atoms with Gasteiger partial charge in [-0.15, -0.1) is 0 Å². The van der Waals surface area contributed by atoms with Crippen LogP contribution in [0.3, 0.4) is 0 Å². The fraction of sp³-hybridized carbons (Fsp3) is 0.286. The van der Waals surface area contributed by atoms with Gasteiger partial charge >= 0.3 is 0 Å². The van der Waals surface area contributed by atoms with Crippen molar-refractivity contribution in [1.29, 1.82) is 0 Å². The number of ether oxygens (including phenoxy) is 1. The van der Waals surface area contributed by atoms with Crippen molar-refractivity contribution in [3.63, 3.8) is 0 Å². The molecule has 1 aromatic heterocycles. The Kier molecular flexibility index (Phi) is 6.42. The van der Waals surface area contributed by atoms with E-state index in [0.717, 1.165) is 24.6 Å². The number of aromatic nitrogens is 1. The molecule has 0 unspecified atom stereocenters. The first-order valence-corrected chi connectivity index (χ1v) is 10.6. The van der Waals surface area contributed by atoms with Crippen LogP contribution in [0.2, 0.25) is 0 Å². The number of hydrogen-bond donors (Lipinski definition) is 1. The van der Waals surface area contributed by atoms with E-state index in [1.54, 1.807) is 30.5 Å². The Bertz CT molecular complexity index is 989. The number of nitrogens with one attached hydrogen (secondary N) is 1. The van der Waals surface area contributed by atoms with Crippen LogP contribution in [-0.2, 0) is 16.6 Å². The zero-order valence-corrected chi connectivity index (χ0v) is 16.2. The van der Waals surface area contributed by atoms with E-state index in [1.807, 2.05) is 30.3 Å². The molecule has 0 aliphatic heterocycles. The molecule has 142 valence electrons. The van der Waals surface area contributed by atoms with E-state index >= 15 is 0 Å². The molecule has 0 fully saturated rings. The highest BCUT2D eigenvalue weighted by atomic mass is 32.2. The van der Waals surface area contributed by atoms with Crippen molar-refractivity contribution in [3.05, 3.63) is 66.5 Å². The summed E-state index contributed by atoms with van der Waals surface area (Å²) < 4.78 is 34.2. The first kappa shape index (κ1) is 19.3. The van der Waals surface area contributed by atoms with Crippen molar-refractivity contribution < 1.29 is 13.2 Å². The van der Waals surface area contributed by atoms with Crippen LogP contribution in [0.4, 0.5) is 0 Å². The normalized spacial score (nSPS) is 11.6. The van der Waals surface area contributed by atoms with Gasteiger partial charge in [0.2, 0.25) is 10.0 Å². The zero-order valence-electron chi connectivity index (χ0n) is 15.4. The van der Waals surface area contributed by atoms with Crippen molar-refractivity contribution in [2.24, 2.45) is 0 Å². The van der Waals surface area contributed by atoms with Gasteiger partial charge in [-0.2, -0.15) is 0 Å². The van der Waals surface area contributed by atoms with Crippen LogP contribution in [0.15, 0.2) is 65.7 Å². The van der Waals surface area contributed by atoms with Gasteiger partial charge in [-0.25, -0.2) is 13.1 Å². The first-order valence-electron chi connectivity index (χ1n) is 9.16. The van der Waals surface area contributed by atoms with Crippen LogP contribution in [0.5, 0.6) is 5.75 Å². The predicted molar refractivity (Wildman–Crippen MR) is 107 cm³/mol. The van der Waals surface area contributed by atoms with Crippen molar-refractivity contribution in [2.75, 3.05) is 6.61 Å². The minimum atomic E-state index is -3.68. The van der Waals surface area contributed by atoms with Gasteiger partial charge in [0.25, 0.3) is 0 Å². The molecule has 0 bridgehead atoms. The van der Waals surface area contributed by atoms with E-state index < -0.39 is 10.0 Å². The minimum absolute atomic E-state index is 0.146. The molecule has 6 heteroatoms. The highest BCUT2D eigenvalue weighted by Gasteiger charge is 2.19. The highest BCUT2D eigenvalue weighted by Crippen LogP contribution is 2.31. The van der Waals surface area contributed by atoms with Crippen molar-refractivity contribution >= 4 is 20.8 Å². The number of pyridine rings is 1. The number of benzene rings is 2. The van der Waals surface area contributed by atoms with Gasteiger partial charge in [0.1, 0.15) is 5.75 Å².